The standard InChI is InChI=1S/C19H28N2O4S/c1-4-25-17-9-7-16(8-10-17)21(26(3,23)24)13(2)19(22)20-18-12-14-5-6-15(18)11-14/h7-10,13-15,18H,4-6,11-12H2,1-3H3,(H,20,22)/t13-,14-,15+,18+/m0/s1. The van der Waals surface area contributed by atoms with Gasteiger partial charge >= 0.3 is 0 Å². The number of nitrogens with zero attached hydrogens (tertiary/aromatic N) is 1. The third-order valence-electron chi connectivity index (χ3n) is 5.56. The highest BCUT2D eigenvalue weighted by atomic mass is 32.2. The quantitative estimate of drug-likeness (QED) is 0.789. The van der Waals surface area contributed by atoms with E-state index in [0.717, 1.165) is 18.6 Å². The van der Waals surface area contributed by atoms with E-state index in [1.165, 1.54) is 23.6 Å². The summed E-state index contributed by atoms with van der Waals surface area (Å²) in [7, 11) is -3.60. The van der Waals surface area contributed by atoms with Crippen molar-refractivity contribution >= 4 is 21.6 Å². The third-order valence-corrected chi connectivity index (χ3v) is 6.80. The topological polar surface area (TPSA) is 75.7 Å². The van der Waals surface area contributed by atoms with E-state index in [2.05, 4.69) is 5.32 Å². The summed E-state index contributed by atoms with van der Waals surface area (Å²) in [5.41, 5.74) is 0.464. The summed E-state index contributed by atoms with van der Waals surface area (Å²) >= 11 is 0. The Morgan fingerprint density at radius 2 is 1.96 bits per heavy atom. The van der Waals surface area contributed by atoms with Crippen molar-refractivity contribution in [3.8, 4) is 5.75 Å². The lowest BCUT2D eigenvalue weighted by atomic mass is 9.95. The predicted molar refractivity (Wildman–Crippen MR) is 102 cm³/mol. The van der Waals surface area contributed by atoms with Crippen LogP contribution in [0.15, 0.2) is 24.3 Å². The van der Waals surface area contributed by atoms with Crippen LogP contribution in [0.3, 0.4) is 0 Å². The largest absolute Gasteiger partial charge is 0.494 e. The fourth-order valence-corrected chi connectivity index (χ4v) is 5.56. The van der Waals surface area contributed by atoms with Crippen molar-refractivity contribution in [1.82, 2.24) is 5.32 Å². The predicted octanol–water partition coefficient (Wildman–Crippen LogP) is 2.54. The molecule has 1 amide bonds. The Hall–Kier alpha value is -1.76. The van der Waals surface area contributed by atoms with E-state index in [-0.39, 0.29) is 11.9 Å². The van der Waals surface area contributed by atoms with Crippen molar-refractivity contribution < 1.29 is 17.9 Å². The molecule has 0 aliphatic heterocycles. The van der Waals surface area contributed by atoms with E-state index in [1.54, 1.807) is 31.2 Å². The van der Waals surface area contributed by atoms with Crippen molar-refractivity contribution in [2.45, 2.75) is 51.6 Å². The zero-order valence-electron chi connectivity index (χ0n) is 15.6. The fraction of sp³-hybridized carbons (Fsp3) is 0.632. The molecule has 1 aromatic rings. The molecular weight excluding hydrogens is 352 g/mol. The van der Waals surface area contributed by atoms with Crippen LogP contribution in [-0.2, 0) is 14.8 Å². The summed E-state index contributed by atoms with van der Waals surface area (Å²) in [6.07, 6.45) is 5.76. The molecule has 2 saturated carbocycles. The summed E-state index contributed by atoms with van der Waals surface area (Å²) in [5, 5.41) is 3.09. The van der Waals surface area contributed by atoms with Gasteiger partial charge in [0.1, 0.15) is 11.8 Å². The van der Waals surface area contributed by atoms with Gasteiger partial charge in [-0.25, -0.2) is 8.42 Å². The van der Waals surface area contributed by atoms with Gasteiger partial charge in [-0.15, -0.1) is 0 Å². The molecule has 1 N–H and O–H groups in total. The zero-order valence-corrected chi connectivity index (χ0v) is 16.5. The van der Waals surface area contributed by atoms with Gasteiger partial charge in [-0.3, -0.25) is 9.10 Å². The number of rotatable bonds is 7. The third kappa shape index (κ3) is 3.98. The number of ether oxygens (including phenoxy) is 1. The maximum atomic E-state index is 12.8. The number of sulfonamides is 1. The molecule has 26 heavy (non-hydrogen) atoms. The molecule has 6 nitrogen and oxygen atoms in total. The average molecular weight is 381 g/mol. The maximum Gasteiger partial charge on any atom is 0.243 e. The van der Waals surface area contributed by atoms with Crippen LogP contribution < -0.4 is 14.4 Å². The number of nitrogens with one attached hydrogen (secondary N) is 1. The molecule has 7 heteroatoms. The number of anilines is 1. The number of benzene rings is 1. The van der Waals surface area contributed by atoms with Gasteiger partial charge in [-0.05, 0) is 69.2 Å². The van der Waals surface area contributed by atoms with Crippen molar-refractivity contribution in [2.75, 3.05) is 17.2 Å². The summed E-state index contributed by atoms with van der Waals surface area (Å²) in [6.45, 7) is 4.07. The minimum Gasteiger partial charge on any atom is -0.494 e. The lowest BCUT2D eigenvalue weighted by Crippen LogP contribution is -2.51. The number of carbonyl (C=O) groups is 1. The summed E-state index contributed by atoms with van der Waals surface area (Å²) < 4.78 is 31.3. The van der Waals surface area contributed by atoms with Gasteiger partial charge < -0.3 is 10.1 Å². The Morgan fingerprint density at radius 1 is 1.27 bits per heavy atom. The first-order valence-corrected chi connectivity index (χ1v) is 11.2. The van der Waals surface area contributed by atoms with Crippen LogP contribution in [0, 0.1) is 11.8 Å². The number of hydrogen-bond acceptors (Lipinski definition) is 4. The Labute approximate surface area is 156 Å². The molecule has 3 rings (SSSR count). The number of hydrogen-bond donors (Lipinski definition) is 1. The first-order valence-electron chi connectivity index (χ1n) is 9.32. The zero-order chi connectivity index (χ0) is 18.9. The molecule has 1 aromatic carbocycles. The second-order valence-electron chi connectivity index (χ2n) is 7.45. The van der Waals surface area contributed by atoms with E-state index < -0.39 is 16.1 Å². The molecule has 2 fully saturated rings. The van der Waals surface area contributed by atoms with E-state index in [0.29, 0.717) is 24.0 Å². The van der Waals surface area contributed by atoms with E-state index >= 15 is 0 Å². The van der Waals surface area contributed by atoms with Crippen LogP contribution in [0.1, 0.15) is 39.5 Å². The smallest absolute Gasteiger partial charge is 0.243 e. The molecular formula is C19H28N2O4S. The van der Waals surface area contributed by atoms with Gasteiger partial charge in [-0.2, -0.15) is 0 Å². The van der Waals surface area contributed by atoms with Crippen LogP contribution in [0.25, 0.3) is 0 Å². The highest BCUT2D eigenvalue weighted by molar-refractivity contribution is 7.92. The minimum absolute atomic E-state index is 0.186. The first kappa shape index (κ1) is 19.0. The highest BCUT2D eigenvalue weighted by Gasteiger charge is 2.41. The molecule has 2 bridgehead atoms. The van der Waals surface area contributed by atoms with Crippen molar-refractivity contribution in [1.29, 1.82) is 0 Å². The first-order chi connectivity index (χ1) is 12.3. The van der Waals surface area contributed by atoms with E-state index in [1.807, 2.05) is 6.92 Å². The van der Waals surface area contributed by atoms with Gasteiger partial charge in [0, 0.05) is 6.04 Å². The number of carbonyl (C=O) groups excluding carboxylic acids is 1. The molecule has 2 aliphatic rings. The van der Waals surface area contributed by atoms with Crippen LogP contribution in [0.4, 0.5) is 5.69 Å². The molecule has 0 spiro atoms. The van der Waals surface area contributed by atoms with Gasteiger partial charge in [0.2, 0.25) is 15.9 Å². The second kappa shape index (κ2) is 7.47. The molecule has 0 radical (unpaired) electrons. The molecule has 2 aliphatic carbocycles. The summed E-state index contributed by atoms with van der Waals surface area (Å²) in [6, 6.07) is 6.17. The van der Waals surface area contributed by atoms with E-state index in [9.17, 15) is 13.2 Å². The van der Waals surface area contributed by atoms with E-state index in [4.69, 9.17) is 4.74 Å². The molecule has 0 heterocycles. The van der Waals surface area contributed by atoms with Gasteiger partial charge in [0.05, 0.1) is 18.6 Å². The van der Waals surface area contributed by atoms with Crippen molar-refractivity contribution in [3.63, 3.8) is 0 Å². The molecule has 144 valence electrons. The van der Waals surface area contributed by atoms with Crippen LogP contribution >= 0.6 is 0 Å². The van der Waals surface area contributed by atoms with Crippen molar-refractivity contribution in [2.24, 2.45) is 11.8 Å². The second-order valence-corrected chi connectivity index (χ2v) is 9.31. The highest BCUT2D eigenvalue weighted by Crippen LogP contribution is 2.44. The normalized spacial score (nSPS) is 25.7. The lowest BCUT2D eigenvalue weighted by Gasteiger charge is -2.31. The monoisotopic (exact) mass is 380 g/mol. The Balaban J connectivity index is 1.75. The molecule has 0 saturated heterocycles. The van der Waals surface area contributed by atoms with Crippen molar-refractivity contribution in [3.05, 3.63) is 24.3 Å². The molecule has 4 atom stereocenters. The minimum atomic E-state index is -3.60. The van der Waals surface area contributed by atoms with Gasteiger partial charge in [-0.1, -0.05) is 6.42 Å². The molecule has 0 aromatic heterocycles. The Morgan fingerprint density at radius 3 is 2.46 bits per heavy atom. The summed E-state index contributed by atoms with van der Waals surface area (Å²) in [5.74, 6) is 1.71. The SMILES string of the molecule is CCOc1ccc(N([C@@H](C)C(=O)N[C@@H]2C[C@H]3CC[C@@H]2C3)S(C)(=O)=O)cc1. The van der Waals surface area contributed by atoms with Crippen LogP contribution in [0.5, 0.6) is 5.75 Å². The average Bonchev–Trinajstić information content (AvgIpc) is 3.18. The van der Waals surface area contributed by atoms with Gasteiger partial charge in [0.15, 0.2) is 0 Å². The Bertz CT molecular complexity index is 747. The lowest BCUT2D eigenvalue weighted by molar-refractivity contribution is -0.122. The van der Waals surface area contributed by atoms with Crippen LogP contribution in [0.2, 0.25) is 0 Å². The summed E-state index contributed by atoms with van der Waals surface area (Å²) in [4.78, 5) is 12.8. The Kier molecular flexibility index (Phi) is 5.46. The number of amides is 1. The number of fused-ring (bicyclic) bond motifs is 2. The fourth-order valence-electron chi connectivity index (χ4n) is 4.39. The van der Waals surface area contributed by atoms with Gasteiger partial charge in [0.25, 0.3) is 0 Å². The molecule has 0 unspecified atom stereocenters. The maximum absolute atomic E-state index is 12.8. The van der Waals surface area contributed by atoms with Crippen LogP contribution in [-0.4, -0.2) is 39.3 Å².